The van der Waals surface area contributed by atoms with E-state index < -0.39 is 4.92 Å². The highest BCUT2D eigenvalue weighted by atomic mass is 16.6. The van der Waals surface area contributed by atoms with Gasteiger partial charge in [0, 0.05) is 18.5 Å². The summed E-state index contributed by atoms with van der Waals surface area (Å²) >= 11 is 0. The van der Waals surface area contributed by atoms with Crippen LogP contribution in [0.25, 0.3) is 33.9 Å². The van der Waals surface area contributed by atoms with Crippen molar-refractivity contribution >= 4 is 5.69 Å². The highest BCUT2D eigenvalue weighted by molar-refractivity contribution is 5.76. The van der Waals surface area contributed by atoms with Gasteiger partial charge in [0.1, 0.15) is 0 Å². The van der Waals surface area contributed by atoms with Crippen LogP contribution in [0.5, 0.6) is 5.75 Å². The SMILES string of the molecule is O=[N+]([O-])c1cc(-c2cc(-c3ccccn3)nc(-c3ccccn3)c2)ccc1O. The van der Waals surface area contributed by atoms with Gasteiger partial charge in [-0.2, -0.15) is 0 Å². The number of aromatic hydroxyl groups is 1. The number of phenolic OH excluding ortho intramolecular Hbond substituents is 1. The van der Waals surface area contributed by atoms with Crippen molar-refractivity contribution in [1.82, 2.24) is 15.0 Å². The van der Waals surface area contributed by atoms with E-state index in [1.165, 1.54) is 12.1 Å². The first-order chi connectivity index (χ1) is 13.6. The minimum absolute atomic E-state index is 0.354. The number of hydrogen-bond donors (Lipinski definition) is 1. The van der Waals surface area contributed by atoms with Crippen LogP contribution < -0.4 is 0 Å². The van der Waals surface area contributed by atoms with Crippen molar-refractivity contribution in [3.8, 4) is 39.7 Å². The van der Waals surface area contributed by atoms with E-state index in [4.69, 9.17) is 0 Å². The Morgan fingerprint density at radius 3 is 1.86 bits per heavy atom. The lowest BCUT2D eigenvalue weighted by Gasteiger charge is -2.09. The highest BCUT2D eigenvalue weighted by Gasteiger charge is 2.16. The molecule has 0 saturated heterocycles. The molecule has 3 heterocycles. The maximum absolute atomic E-state index is 11.2. The molecule has 0 radical (unpaired) electrons. The van der Waals surface area contributed by atoms with Crippen LogP contribution in [0.4, 0.5) is 5.69 Å². The van der Waals surface area contributed by atoms with Gasteiger partial charge in [-0.15, -0.1) is 0 Å². The third-order valence-corrected chi connectivity index (χ3v) is 4.19. The summed E-state index contributed by atoms with van der Waals surface area (Å²) in [6, 6.07) is 18.9. The Bertz CT molecular complexity index is 1090. The molecular weight excluding hydrogens is 356 g/mol. The Hall–Kier alpha value is -4.13. The van der Waals surface area contributed by atoms with Crippen molar-refractivity contribution in [3.63, 3.8) is 0 Å². The fraction of sp³-hybridized carbons (Fsp3) is 0. The van der Waals surface area contributed by atoms with Crippen LogP contribution >= 0.6 is 0 Å². The summed E-state index contributed by atoms with van der Waals surface area (Å²) in [7, 11) is 0. The van der Waals surface area contributed by atoms with Gasteiger partial charge in [0.2, 0.25) is 0 Å². The fourth-order valence-corrected chi connectivity index (χ4v) is 2.84. The summed E-state index contributed by atoms with van der Waals surface area (Å²) in [6.07, 6.45) is 3.35. The molecule has 0 fully saturated rings. The van der Waals surface area contributed by atoms with Crippen molar-refractivity contribution in [1.29, 1.82) is 0 Å². The first kappa shape index (κ1) is 17.3. The molecule has 1 aromatic carbocycles. The van der Waals surface area contributed by atoms with Gasteiger partial charge in [-0.25, -0.2) is 4.98 Å². The van der Waals surface area contributed by atoms with Gasteiger partial charge in [0.25, 0.3) is 0 Å². The van der Waals surface area contributed by atoms with Crippen molar-refractivity contribution in [2.45, 2.75) is 0 Å². The number of aromatic nitrogens is 3. The zero-order valence-corrected chi connectivity index (χ0v) is 14.6. The molecule has 7 heteroatoms. The Morgan fingerprint density at radius 1 is 0.750 bits per heavy atom. The largest absolute Gasteiger partial charge is 0.502 e. The molecule has 28 heavy (non-hydrogen) atoms. The summed E-state index contributed by atoms with van der Waals surface area (Å²) in [5.74, 6) is -0.377. The molecule has 0 saturated carbocycles. The van der Waals surface area contributed by atoms with Gasteiger partial charge >= 0.3 is 5.69 Å². The van der Waals surface area contributed by atoms with Crippen molar-refractivity contribution in [2.24, 2.45) is 0 Å². The van der Waals surface area contributed by atoms with Gasteiger partial charge in [-0.3, -0.25) is 20.1 Å². The van der Waals surface area contributed by atoms with Crippen LogP contribution in [-0.4, -0.2) is 25.0 Å². The summed E-state index contributed by atoms with van der Waals surface area (Å²) in [4.78, 5) is 23.9. The van der Waals surface area contributed by atoms with E-state index in [0.29, 0.717) is 33.9 Å². The van der Waals surface area contributed by atoms with Gasteiger partial charge in [-0.1, -0.05) is 18.2 Å². The Labute approximate surface area is 160 Å². The number of phenols is 1. The number of nitro groups is 1. The summed E-state index contributed by atoms with van der Waals surface area (Å²) in [5.41, 5.74) is 3.53. The smallest absolute Gasteiger partial charge is 0.311 e. The molecule has 0 bridgehead atoms. The lowest BCUT2D eigenvalue weighted by Crippen LogP contribution is -1.94. The molecule has 1 N–H and O–H groups in total. The maximum atomic E-state index is 11.2. The van der Waals surface area contributed by atoms with Crippen LogP contribution in [0.1, 0.15) is 0 Å². The van der Waals surface area contributed by atoms with E-state index in [1.807, 2.05) is 48.5 Å². The molecule has 136 valence electrons. The fourth-order valence-electron chi connectivity index (χ4n) is 2.84. The van der Waals surface area contributed by atoms with Gasteiger partial charge in [0.15, 0.2) is 5.75 Å². The van der Waals surface area contributed by atoms with Gasteiger partial charge < -0.3 is 5.11 Å². The highest BCUT2D eigenvalue weighted by Crippen LogP contribution is 2.34. The Balaban J connectivity index is 1.92. The molecule has 0 unspecified atom stereocenters. The van der Waals surface area contributed by atoms with E-state index in [2.05, 4.69) is 15.0 Å². The third kappa shape index (κ3) is 3.41. The first-order valence-corrected chi connectivity index (χ1v) is 8.44. The molecule has 0 aliphatic rings. The second-order valence-electron chi connectivity index (χ2n) is 6.02. The van der Waals surface area contributed by atoms with Crippen LogP contribution in [0.15, 0.2) is 79.1 Å². The molecule has 0 aliphatic heterocycles. The van der Waals surface area contributed by atoms with E-state index in [9.17, 15) is 15.2 Å². The zero-order valence-electron chi connectivity index (χ0n) is 14.6. The summed E-state index contributed by atoms with van der Waals surface area (Å²) in [5, 5.41) is 20.9. The van der Waals surface area contributed by atoms with E-state index in [0.717, 1.165) is 0 Å². The van der Waals surface area contributed by atoms with E-state index in [1.54, 1.807) is 18.5 Å². The number of rotatable bonds is 4. The van der Waals surface area contributed by atoms with Crippen LogP contribution in [0, 0.1) is 10.1 Å². The molecule has 3 aromatic heterocycles. The number of benzene rings is 1. The number of hydrogen-bond acceptors (Lipinski definition) is 6. The zero-order chi connectivity index (χ0) is 19.5. The molecule has 7 nitrogen and oxygen atoms in total. The topological polar surface area (TPSA) is 102 Å². The van der Waals surface area contributed by atoms with Crippen molar-refractivity contribution < 1.29 is 10.0 Å². The number of pyridine rings is 3. The predicted octanol–water partition coefficient (Wildman–Crippen LogP) is 4.49. The van der Waals surface area contributed by atoms with Crippen molar-refractivity contribution in [2.75, 3.05) is 0 Å². The third-order valence-electron chi connectivity index (χ3n) is 4.19. The first-order valence-electron chi connectivity index (χ1n) is 8.44. The second-order valence-corrected chi connectivity index (χ2v) is 6.02. The quantitative estimate of drug-likeness (QED) is 0.419. The van der Waals surface area contributed by atoms with Crippen LogP contribution in [0.2, 0.25) is 0 Å². The average Bonchev–Trinajstić information content (AvgIpc) is 2.75. The molecule has 0 spiro atoms. The number of nitrogens with zero attached hydrogens (tertiary/aromatic N) is 4. The van der Waals surface area contributed by atoms with Crippen molar-refractivity contribution in [3.05, 3.63) is 89.2 Å². The summed E-state index contributed by atoms with van der Waals surface area (Å²) < 4.78 is 0. The lowest BCUT2D eigenvalue weighted by atomic mass is 10.0. The average molecular weight is 370 g/mol. The number of nitro benzene ring substituents is 1. The molecule has 4 aromatic rings. The Kier molecular flexibility index (Phi) is 4.47. The van der Waals surface area contributed by atoms with Crippen LogP contribution in [-0.2, 0) is 0 Å². The second kappa shape index (κ2) is 7.24. The lowest BCUT2D eigenvalue weighted by molar-refractivity contribution is -0.385. The van der Waals surface area contributed by atoms with E-state index >= 15 is 0 Å². The minimum atomic E-state index is -0.612. The van der Waals surface area contributed by atoms with Crippen LogP contribution in [0.3, 0.4) is 0 Å². The summed E-state index contributed by atoms with van der Waals surface area (Å²) in [6.45, 7) is 0. The van der Waals surface area contributed by atoms with E-state index in [-0.39, 0.29) is 11.4 Å². The molecule has 4 rings (SSSR count). The normalized spacial score (nSPS) is 10.6. The van der Waals surface area contributed by atoms with Gasteiger partial charge in [-0.05, 0) is 53.6 Å². The maximum Gasteiger partial charge on any atom is 0.311 e. The standard InChI is InChI=1S/C21H14N4O3/c26-21-8-7-14(13-20(21)25(27)28)15-11-18(16-5-1-3-9-22-16)24-19(12-15)17-6-2-4-10-23-17/h1-13,26H. The molecule has 0 amide bonds. The molecule has 0 atom stereocenters. The van der Waals surface area contributed by atoms with Gasteiger partial charge in [0.05, 0.1) is 27.7 Å². The molecule has 0 aliphatic carbocycles. The molecular formula is C21H14N4O3. The monoisotopic (exact) mass is 370 g/mol. The predicted molar refractivity (Wildman–Crippen MR) is 104 cm³/mol. The minimum Gasteiger partial charge on any atom is -0.502 e. The Morgan fingerprint density at radius 2 is 1.36 bits per heavy atom.